The van der Waals surface area contributed by atoms with Gasteiger partial charge < -0.3 is 20.9 Å². The molecule has 1 saturated heterocycles. The molecule has 5 N–H and O–H groups in total. The molecule has 0 bridgehead atoms. The molecule has 1 aromatic rings. The third-order valence-electron chi connectivity index (χ3n) is 5.61. The van der Waals surface area contributed by atoms with Crippen LogP contribution in [0.25, 0.3) is 0 Å². The Balaban J connectivity index is 1.81. The summed E-state index contributed by atoms with van der Waals surface area (Å²) in [5.41, 5.74) is 9.06. The molecule has 1 aromatic carbocycles. The summed E-state index contributed by atoms with van der Waals surface area (Å²) in [4.78, 5) is 41.8. The highest BCUT2D eigenvalue weighted by Crippen LogP contribution is 2.33. The average Bonchev–Trinajstić information content (AvgIpc) is 2.85. The smallest absolute Gasteiger partial charge is 0.247 e. The number of allylic oxidation sites excluding steroid dienone is 4. The van der Waals surface area contributed by atoms with Gasteiger partial charge in [-0.05, 0) is 42.8 Å². The Bertz CT molecular complexity index is 1200. The standard InChI is InChI=1S/C23H26ClN9O3/c1-3-18(23(36)29-16-5-6-17(26)14(8-16)10-28-2)31-11-22(35)32(12-21(31)34)20-9-15(24)4-7-19(20)33(13-25)30-27/h4-10,13,18,25-28H,3,11-12H2,1-2H3,(H,29,36)/b14-10-,25-13?,26-17?,30-27?. The van der Waals surface area contributed by atoms with E-state index in [2.05, 4.69) is 15.9 Å². The first-order chi connectivity index (χ1) is 17.2. The molecule has 3 rings (SSSR count). The summed E-state index contributed by atoms with van der Waals surface area (Å²) in [5.74, 6) is -1.35. The molecule has 1 aliphatic carbocycles. The number of nitrogens with zero attached hydrogens (tertiary/aromatic N) is 4. The van der Waals surface area contributed by atoms with E-state index in [9.17, 15) is 14.4 Å². The van der Waals surface area contributed by atoms with E-state index in [-0.39, 0.29) is 36.6 Å². The number of carbonyl (C=O) groups excluding carboxylic acids is 3. The zero-order valence-corrected chi connectivity index (χ0v) is 20.5. The second-order valence-electron chi connectivity index (χ2n) is 7.86. The zero-order chi connectivity index (χ0) is 26.4. The molecule has 1 aliphatic heterocycles. The van der Waals surface area contributed by atoms with Crippen LogP contribution >= 0.6 is 11.6 Å². The lowest BCUT2D eigenvalue weighted by molar-refractivity contribution is -0.145. The van der Waals surface area contributed by atoms with E-state index in [1.165, 1.54) is 28.0 Å². The number of amides is 3. The number of carbonyl (C=O) groups is 3. The summed E-state index contributed by atoms with van der Waals surface area (Å²) >= 11 is 6.11. The number of rotatable bonds is 9. The van der Waals surface area contributed by atoms with Crippen molar-refractivity contribution in [2.75, 3.05) is 30.0 Å². The minimum Gasteiger partial charge on any atom is -0.393 e. The molecule has 13 heteroatoms. The van der Waals surface area contributed by atoms with Crippen molar-refractivity contribution in [2.24, 2.45) is 5.22 Å². The van der Waals surface area contributed by atoms with Crippen LogP contribution in [0.15, 0.2) is 59.1 Å². The van der Waals surface area contributed by atoms with Crippen LogP contribution in [0.5, 0.6) is 0 Å². The fraction of sp³-hybridized carbons (Fsp3) is 0.261. The molecule has 1 fully saturated rings. The predicted octanol–water partition coefficient (Wildman–Crippen LogP) is 2.35. The van der Waals surface area contributed by atoms with Gasteiger partial charge >= 0.3 is 0 Å². The second-order valence-corrected chi connectivity index (χ2v) is 8.29. The van der Waals surface area contributed by atoms with Crippen LogP contribution in [0.3, 0.4) is 0 Å². The van der Waals surface area contributed by atoms with E-state index in [0.29, 0.717) is 16.3 Å². The van der Waals surface area contributed by atoms with Crippen molar-refractivity contribution in [1.82, 2.24) is 15.5 Å². The number of hydrogen-bond donors (Lipinski definition) is 5. The summed E-state index contributed by atoms with van der Waals surface area (Å²) in [7, 11) is 1.71. The SMILES string of the molecule is CCC(C(=O)NC1=C/C(=C/NC)C(=N)C=C1)N1CC(=O)N(c2cc(Cl)ccc2N(C=N)N=N)CC1=O. The molecule has 0 radical (unpaired) electrons. The Morgan fingerprint density at radius 2 is 2.03 bits per heavy atom. The summed E-state index contributed by atoms with van der Waals surface area (Å²) in [5, 5.41) is 25.5. The van der Waals surface area contributed by atoms with Crippen LogP contribution in [0.2, 0.25) is 5.02 Å². The van der Waals surface area contributed by atoms with Crippen molar-refractivity contribution in [3.05, 3.63) is 58.9 Å². The van der Waals surface area contributed by atoms with Gasteiger partial charge in [0.1, 0.15) is 25.5 Å². The highest BCUT2D eigenvalue weighted by molar-refractivity contribution is 6.31. The lowest BCUT2D eigenvalue weighted by Gasteiger charge is -2.38. The monoisotopic (exact) mass is 511 g/mol. The minimum atomic E-state index is -0.892. The zero-order valence-electron chi connectivity index (χ0n) is 19.7. The molecule has 0 saturated carbocycles. The predicted molar refractivity (Wildman–Crippen MR) is 136 cm³/mol. The number of anilines is 2. The Morgan fingerprint density at radius 1 is 1.28 bits per heavy atom. The van der Waals surface area contributed by atoms with Crippen molar-refractivity contribution in [2.45, 2.75) is 19.4 Å². The molecule has 1 heterocycles. The van der Waals surface area contributed by atoms with Crippen molar-refractivity contribution in [3.8, 4) is 0 Å². The molecule has 188 valence electrons. The Morgan fingerprint density at radius 3 is 2.67 bits per heavy atom. The number of piperazine rings is 1. The molecule has 0 aromatic heterocycles. The van der Waals surface area contributed by atoms with E-state index >= 15 is 0 Å². The Hall–Kier alpha value is -4.32. The van der Waals surface area contributed by atoms with E-state index in [0.717, 1.165) is 11.3 Å². The maximum atomic E-state index is 13.1. The third kappa shape index (κ3) is 5.49. The van der Waals surface area contributed by atoms with Crippen LogP contribution in [0.1, 0.15) is 13.3 Å². The van der Waals surface area contributed by atoms with Gasteiger partial charge in [-0.3, -0.25) is 24.7 Å². The average molecular weight is 512 g/mol. The van der Waals surface area contributed by atoms with Crippen LogP contribution < -0.4 is 20.5 Å². The second kappa shape index (κ2) is 11.4. The summed E-state index contributed by atoms with van der Waals surface area (Å²) in [6.07, 6.45) is 7.50. The quantitative estimate of drug-likeness (QED) is 0.148. The van der Waals surface area contributed by atoms with E-state index in [4.69, 9.17) is 28.0 Å². The van der Waals surface area contributed by atoms with Gasteiger partial charge in [0.05, 0.1) is 17.1 Å². The number of benzene rings is 1. The first-order valence-electron chi connectivity index (χ1n) is 11.0. The largest absolute Gasteiger partial charge is 0.393 e. The lowest BCUT2D eigenvalue weighted by Crippen LogP contribution is -2.60. The fourth-order valence-electron chi connectivity index (χ4n) is 3.88. The molecule has 36 heavy (non-hydrogen) atoms. The van der Waals surface area contributed by atoms with Crippen molar-refractivity contribution in [1.29, 1.82) is 16.3 Å². The van der Waals surface area contributed by atoms with Crippen LogP contribution in [-0.4, -0.2) is 60.9 Å². The van der Waals surface area contributed by atoms with Crippen molar-refractivity contribution in [3.63, 3.8) is 0 Å². The summed E-state index contributed by atoms with van der Waals surface area (Å²) in [6.45, 7) is 1.05. The van der Waals surface area contributed by atoms with Gasteiger partial charge in [0.15, 0.2) is 0 Å². The van der Waals surface area contributed by atoms with Crippen molar-refractivity contribution >= 4 is 52.7 Å². The van der Waals surface area contributed by atoms with Gasteiger partial charge in [-0.2, -0.15) is 5.53 Å². The van der Waals surface area contributed by atoms with Gasteiger partial charge in [0, 0.05) is 29.5 Å². The molecule has 1 atom stereocenters. The van der Waals surface area contributed by atoms with Crippen LogP contribution in [0.4, 0.5) is 11.4 Å². The Kier molecular flexibility index (Phi) is 8.33. The van der Waals surface area contributed by atoms with Gasteiger partial charge in [0.25, 0.3) is 0 Å². The first kappa shape index (κ1) is 26.3. The van der Waals surface area contributed by atoms with Crippen LogP contribution in [-0.2, 0) is 14.4 Å². The highest BCUT2D eigenvalue weighted by Gasteiger charge is 2.38. The third-order valence-corrected chi connectivity index (χ3v) is 5.85. The Labute approximate surface area is 212 Å². The summed E-state index contributed by atoms with van der Waals surface area (Å²) in [6, 6.07) is 3.58. The van der Waals surface area contributed by atoms with Gasteiger partial charge in [0.2, 0.25) is 17.7 Å². The number of halogens is 1. The maximum Gasteiger partial charge on any atom is 0.247 e. The van der Waals surface area contributed by atoms with Gasteiger partial charge in [-0.15, -0.1) is 0 Å². The molecular weight excluding hydrogens is 486 g/mol. The van der Waals surface area contributed by atoms with E-state index < -0.39 is 23.8 Å². The molecule has 1 unspecified atom stereocenters. The van der Waals surface area contributed by atoms with Crippen LogP contribution in [0, 0.1) is 16.3 Å². The molecular formula is C23H26ClN9O3. The normalized spacial score (nSPS) is 17.6. The topological polar surface area (TPSA) is 169 Å². The van der Waals surface area contributed by atoms with E-state index in [1.54, 1.807) is 38.4 Å². The van der Waals surface area contributed by atoms with Gasteiger partial charge in [-0.25, -0.2) is 5.01 Å². The summed E-state index contributed by atoms with van der Waals surface area (Å²) < 4.78 is 0. The fourth-order valence-corrected chi connectivity index (χ4v) is 4.05. The molecule has 2 aliphatic rings. The maximum absolute atomic E-state index is 13.1. The minimum absolute atomic E-state index is 0.223. The highest BCUT2D eigenvalue weighted by atomic mass is 35.5. The first-order valence-corrected chi connectivity index (χ1v) is 11.3. The lowest BCUT2D eigenvalue weighted by atomic mass is 10.0. The molecule has 12 nitrogen and oxygen atoms in total. The van der Waals surface area contributed by atoms with Gasteiger partial charge in [-0.1, -0.05) is 23.7 Å². The molecule has 3 amide bonds. The number of nitrogens with one attached hydrogen (secondary N) is 5. The molecule has 0 spiro atoms. The number of hydrogen-bond acceptors (Lipinski definition) is 8. The van der Waals surface area contributed by atoms with E-state index in [1.807, 2.05) is 0 Å². The van der Waals surface area contributed by atoms with Crippen molar-refractivity contribution < 1.29 is 14.4 Å².